The van der Waals surface area contributed by atoms with E-state index in [2.05, 4.69) is 0 Å². The molecule has 0 bridgehead atoms. The summed E-state index contributed by atoms with van der Waals surface area (Å²) in [6, 6.07) is 0. The zero-order valence-corrected chi connectivity index (χ0v) is 13.8. The standard InChI is InChI=1S/C17H22O6/c1-8-5-6-12(19)17(21)7-11-13(9(2)15(20)23-11)14(16(8,17)4)22-10(3)18/h7-8,12,14,19,21H,5-6H2,1-4H3/t8-,12+,14+,16-,17-/m0/s1. The average molecular weight is 322 g/mol. The Hall–Kier alpha value is -1.66. The lowest BCUT2D eigenvalue weighted by molar-refractivity contribution is -0.214. The van der Waals surface area contributed by atoms with Gasteiger partial charge < -0.3 is 19.7 Å². The normalized spacial score (nSPS) is 42.6. The zero-order valence-electron chi connectivity index (χ0n) is 13.8. The van der Waals surface area contributed by atoms with Crippen molar-refractivity contribution in [2.45, 2.75) is 58.3 Å². The zero-order chi connectivity index (χ0) is 17.2. The maximum absolute atomic E-state index is 11.9. The van der Waals surface area contributed by atoms with Crippen LogP contribution in [0.2, 0.25) is 0 Å². The van der Waals surface area contributed by atoms with Gasteiger partial charge in [0.2, 0.25) is 0 Å². The fourth-order valence-electron chi connectivity index (χ4n) is 4.21. The Labute approximate surface area is 134 Å². The molecule has 0 aromatic heterocycles. The van der Waals surface area contributed by atoms with Crippen molar-refractivity contribution in [3.05, 3.63) is 23.0 Å². The summed E-state index contributed by atoms with van der Waals surface area (Å²) in [5.74, 6) is -0.871. The summed E-state index contributed by atoms with van der Waals surface area (Å²) in [5.41, 5.74) is -1.71. The number of rotatable bonds is 1. The van der Waals surface area contributed by atoms with E-state index in [4.69, 9.17) is 9.47 Å². The Morgan fingerprint density at radius 1 is 1.43 bits per heavy atom. The molecule has 2 N–H and O–H groups in total. The predicted octanol–water partition coefficient (Wildman–Crippen LogP) is 1.22. The fraction of sp³-hybridized carbons (Fsp3) is 0.647. The number of hydrogen-bond acceptors (Lipinski definition) is 6. The highest BCUT2D eigenvalue weighted by atomic mass is 16.6. The molecule has 5 atom stereocenters. The molecule has 0 amide bonds. The van der Waals surface area contributed by atoms with Crippen molar-refractivity contribution in [3.8, 4) is 0 Å². The Morgan fingerprint density at radius 3 is 2.70 bits per heavy atom. The molecule has 23 heavy (non-hydrogen) atoms. The van der Waals surface area contributed by atoms with E-state index in [0.29, 0.717) is 24.0 Å². The summed E-state index contributed by atoms with van der Waals surface area (Å²) < 4.78 is 10.8. The van der Waals surface area contributed by atoms with Gasteiger partial charge in [-0.3, -0.25) is 4.79 Å². The molecule has 0 spiro atoms. The van der Waals surface area contributed by atoms with Gasteiger partial charge in [0.1, 0.15) is 17.5 Å². The van der Waals surface area contributed by atoms with Crippen molar-refractivity contribution >= 4 is 11.9 Å². The van der Waals surface area contributed by atoms with Gasteiger partial charge in [0.25, 0.3) is 0 Å². The third-order valence-corrected chi connectivity index (χ3v) is 5.89. The second-order valence-corrected chi connectivity index (χ2v) is 7.03. The summed E-state index contributed by atoms with van der Waals surface area (Å²) >= 11 is 0. The topological polar surface area (TPSA) is 93.1 Å². The van der Waals surface area contributed by atoms with Crippen LogP contribution in [0.5, 0.6) is 0 Å². The minimum Gasteiger partial charge on any atom is -0.457 e. The number of fused-ring (bicyclic) bond motifs is 2. The Kier molecular flexibility index (Phi) is 3.46. The van der Waals surface area contributed by atoms with Crippen molar-refractivity contribution < 1.29 is 29.3 Å². The quantitative estimate of drug-likeness (QED) is 0.705. The van der Waals surface area contributed by atoms with Crippen molar-refractivity contribution in [2.75, 3.05) is 0 Å². The van der Waals surface area contributed by atoms with Gasteiger partial charge in [-0.15, -0.1) is 0 Å². The fourth-order valence-corrected chi connectivity index (χ4v) is 4.21. The van der Waals surface area contributed by atoms with E-state index in [0.717, 1.165) is 0 Å². The summed E-state index contributed by atoms with van der Waals surface area (Å²) in [6.45, 7) is 6.66. The lowest BCUT2D eigenvalue weighted by Crippen LogP contribution is -2.67. The Balaban J connectivity index is 2.27. The number of esters is 2. The third kappa shape index (κ3) is 1.94. The third-order valence-electron chi connectivity index (χ3n) is 5.89. The first-order valence-corrected chi connectivity index (χ1v) is 7.86. The summed E-state index contributed by atoms with van der Waals surface area (Å²) in [4.78, 5) is 23.6. The van der Waals surface area contributed by atoms with Crippen molar-refractivity contribution in [2.24, 2.45) is 11.3 Å². The molecule has 1 heterocycles. The molecule has 2 aliphatic carbocycles. The summed E-state index contributed by atoms with van der Waals surface area (Å²) in [5, 5.41) is 21.7. The number of aliphatic hydroxyl groups excluding tert-OH is 1. The first-order valence-electron chi connectivity index (χ1n) is 7.86. The van der Waals surface area contributed by atoms with E-state index in [9.17, 15) is 19.8 Å². The first kappa shape index (κ1) is 16.2. The van der Waals surface area contributed by atoms with E-state index in [1.807, 2.05) is 6.92 Å². The minimum absolute atomic E-state index is 0.0333. The maximum atomic E-state index is 11.9. The SMILES string of the molecule is CC(=O)O[C@@H]1C2=C(C)C(=O)OC2=C[C@]2(O)[C@H](O)CC[C@H](C)[C@@]12C. The maximum Gasteiger partial charge on any atom is 0.339 e. The van der Waals surface area contributed by atoms with Gasteiger partial charge in [0, 0.05) is 23.5 Å². The largest absolute Gasteiger partial charge is 0.457 e. The van der Waals surface area contributed by atoms with Gasteiger partial charge in [0.05, 0.1) is 6.10 Å². The lowest BCUT2D eigenvalue weighted by atomic mass is 9.51. The molecule has 0 unspecified atom stereocenters. The van der Waals surface area contributed by atoms with E-state index < -0.39 is 35.2 Å². The minimum atomic E-state index is -1.63. The molecule has 0 aromatic carbocycles. The van der Waals surface area contributed by atoms with Crippen molar-refractivity contribution in [3.63, 3.8) is 0 Å². The Bertz CT molecular complexity index is 647. The Morgan fingerprint density at radius 2 is 2.09 bits per heavy atom. The van der Waals surface area contributed by atoms with Crippen LogP contribution in [0.3, 0.4) is 0 Å². The number of ether oxygens (including phenoxy) is 2. The van der Waals surface area contributed by atoms with Crippen LogP contribution < -0.4 is 0 Å². The van der Waals surface area contributed by atoms with E-state index in [1.54, 1.807) is 13.8 Å². The van der Waals surface area contributed by atoms with Crippen LogP contribution in [-0.4, -0.2) is 40.0 Å². The number of carbonyl (C=O) groups excluding carboxylic acids is 2. The molecule has 3 aliphatic rings. The van der Waals surface area contributed by atoms with E-state index in [-0.39, 0.29) is 11.7 Å². The van der Waals surface area contributed by atoms with E-state index in [1.165, 1.54) is 13.0 Å². The molecule has 6 heteroatoms. The molecule has 6 nitrogen and oxygen atoms in total. The lowest BCUT2D eigenvalue weighted by Gasteiger charge is -2.58. The number of carbonyl (C=O) groups is 2. The number of aliphatic hydroxyl groups is 2. The molecule has 0 saturated heterocycles. The van der Waals surface area contributed by atoms with Crippen molar-refractivity contribution in [1.29, 1.82) is 0 Å². The summed E-state index contributed by atoms with van der Waals surface area (Å²) in [7, 11) is 0. The molecule has 1 aliphatic heterocycles. The summed E-state index contributed by atoms with van der Waals surface area (Å²) in [6.07, 6.45) is 0.673. The highest BCUT2D eigenvalue weighted by molar-refractivity contribution is 5.94. The molecule has 0 radical (unpaired) electrons. The molecular weight excluding hydrogens is 300 g/mol. The molecule has 0 aromatic rings. The van der Waals surface area contributed by atoms with Crippen LogP contribution in [0.4, 0.5) is 0 Å². The molecule has 1 fully saturated rings. The molecule has 3 rings (SSSR count). The second-order valence-electron chi connectivity index (χ2n) is 7.03. The van der Waals surface area contributed by atoms with Gasteiger partial charge in [-0.2, -0.15) is 0 Å². The smallest absolute Gasteiger partial charge is 0.339 e. The van der Waals surface area contributed by atoms with Gasteiger partial charge in [-0.1, -0.05) is 13.8 Å². The molecular formula is C17H22O6. The molecule has 1 saturated carbocycles. The van der Waals surface area contributed by atoms with Gasteiger partial charge in [0.15, 0.2) is 0 Å². The monoisotopic (exact) mass is 322 g/mol. The van der Waals surface area contributed by atoms with Crippen LogP contribution >= 0.6 is 0 Å². The van der Waals surface area contributed by atoms with Crippen LogP contribution in [0, 0.1) is 11.3 Å². The molecule has 126 valence electrons. The second kappa shape index (κ2) is 4.92. The van der Waals surface area contributed by atoms with Crippen LogP contribution in [0.15, 0.2) is 23.0 Å². The van der Waals surface area contributed by atoms with Gasteiger partial charge in [-0.25, -0.2) is 4.79 Å². The first-order chi connectivity index (χ1) is 10.6. The average Bonchev–Trinajstić information content (AvgIpc) is 2.73. The van der Waals surface area contributed by atoms with Gasteiger partial charge >= 0.3 is 11.9 Å². The van der Waals surface area contributed by atoms with Crippen LogP contribution in [0.1, 0.15) is 40.5 Å². The van der Waals surface area contributed by atoms with Gasteiger partial charge in [-0.05, 0) is 31.8 Å². The van der Waals surface area contributed by atoms with Crippen LogP contribution in [0.25, 0.3) is 0 Å². The van der Waals surface area contributed by atoms with E-state index >= 15 is 0 Å². The highest BCUT2D eigenvalue weighted by Crippen LogP contribution is 2.58. The van der Waals surface area contributed by atoms with Crippen LogP contribution in [-0.2, 0) is 19.1 Å². The predicted molar refractivity (Wildman–Crippen MR) is 79.9 cm³/mol. The number of hydrogen-bond donors (Lipinski definition) is 2. The van der Waals surface area contributed by atoms with Crippen molar-refractivity contribution in [1.82, 2.24) is 0 Å². The highest BCUT2D eigenvalue weighted by Gasteiger charge is 2.65.